The number of aryl methyl sites for hydroxylation is 3. The van der Waals surface area contributed by atoms with E-state index in [1.807, 2.05) is 38.1 Å². The van der Waals surface area contributed by atoms with Gasteiger partial charge in [-0.25, -0.2) is 14.1 Å². The van der Waals surface area contributed by atoms with Crippen LogP contribution in [0.25, 0.3) is 0 Å². The number of nitrogens with zero attached hydrogens (tertiary/aromatic N) is 4. The van der Waals surface area contributed by atoms with Gasteiger partial charge in [0.1, 0.15) is 18.1 Å². The Morgan fingerprint density at radius 2 is 2.07 bits per heavy atom. The third-order valence-electron chi connectivity index (χ3n) is 3.80. The molecule has 3 rings (SSSR count). The van der Waals surface area contributed by atoms with Crippen LogP contribution in [0.5, 0.6) is 5.88 Å². The molecule has 9 nitrogen and oxygen atoms in total. The van der Waals surface area contributed by atoms with Crippen LogP contribution in [0.3, 0.4) is 0 Å². The zero-order chi connectivity index (χ0) is 19.2. The van der Waals surface area contributed by atoms with Gasteiger partial charge in [-0.3, -0.25) is 5.32 Å². The lowest BCUT2D eigenvalue weighted by atomic mass is 10.1. The van der Waals surface area contributed by atoms with Crippen LogP contribution in [0.4, 0.5) is 10.6 Å². The van der Waals surface area contributed by atoms with E-state index < -0.39 is 0 Å². The molecule has 0 bridgehead atoms. The molecule has 0 atom stereocenters. The summed E-state index contributed by atoms with van der Waals surface area (Å²) in [6.07, 6.45) is 0. The molecule has 0 aliphatic rings. The highest BCUT2D eigenvalue weighted by Gasteiger charge is 2.10. The number of aromatic nitrogens is 4. The highest BCUT2D eigenvalue weighted by molar-refractivity contribution is 5.88. The van der Waals surface area contributed by atoms with Crippen molar-refractivity contribution in [1.82, 2.24) is 25.4 Å². The zero-order valence-electron chi connectivity index (χ0n) is 15.5. The Labute approximate surface area is 156 Å². The van der Waals surface area contributed by atoms with E-state index >= 15 is 0 Å². The fourth-order valence-corrected chi connectivity index (χ4v) is 2.58. The molecule has 0 spiro atoms. The molecule has 0 aliphatic heterocycles. The minimum atomic E-state index is -0.334. The number of nitrogens with one attached hydrogen (secondary N) is 2. The molecule has 0 fully saturated rings. The summed E-state index contributed by atoms with van der Waals surface area (Å²) >= 11 is 0. The predicted molar refractivity (Wildman–Crippen MR) is 98.8 cm³/mol. The normalized spacial score (nSPS) is 10.6. The van der Waals surface area contributed by atoms with Crippen LogP contribution in [0.2, 0.25) is 0 Å². The first-order chi connectivity index (χ1) is 13.0. The number of benzene rings is 1. The molecule has 2 aromatic heterocycles. The van der Waals surface area contributed by atoms with Gasteiger partial charge in [-0.15, -0.1) is 0 Å². The quantitative estimate of drug-likeness (QED) is 0.619. The molecule has 142 valence electrons. The van der Waals surface area contributed by atoms with Crippen molar-refractivity contribution in [2.45, 2.75) is 27.3 Å². The van der Waals surface area contributed by atoms with E-state index in [9.17, 15) is 4.79 Å². The summed E-state index contributed by atoms with van der Waals surface area (Å²) in [6.45, 7) is 6.80. The second kappa shape index (κ2) is 8.35. The Morgan fingerprint density at radius 3 is 2.81 bits per heavy atom. The number of rotatable bonds is 7. The van der Waals surface area contributed by atoms with Gasteiger partial charge in [0.15, 0.2) is 0 Å². The number of ether oxygens (including phenoxy) is 1. The zero-order valence-corrected chi connectivity index (χ0v) is 15.5. The smallest absolute Gasteiger partial charge is 0.320 e. The van der Waals surface area contributed by atoms with Gasteiger partial charge in [-0.1, -0.05) is 35.0 Å². The van der Waals surface area contributed by atoms with Crippen LogP contribution >= 0.6 is 0 Å². The standard InChI is InChI=1S/C18H22N6O3/c1-12-5-4-6-15(9-12)11-24-16(10-13(2)21-24)20-18(25)19-7-8-26-17-14(3)22-27-23-17/h4-6,9-10H,7-8,11H2,1-3H3,(H2,19,20,25). The first kappa shape index (κ1) is 18.4. The molecule has 27 heavy (non-hydrogen) atoms. The molecular weight excluding hydrogens is 348 g/mol. The molecule has 0 aliphatic carbocycles. The Kier molecular flexibility index (Phi) is 5.70. The van der Waals surface area contributed by atoms with E-state index in [-0.39, 0.29) is 12.6 Å². The summed E-state index contributed by atoms with van der Waals surface area (Å²) in [5, 5.41) is 17.2. The highest BCUT2D eigenvalue weighted by Crippen LogP contribution is 2.14. The molecule has 9 heteroatoms. The summed E-state index contributed by atoms with van der Waals surface area (Å²) in [6, 6.07) is 9.68. The third kappa shape index (κ3) is 5.06. The van der Waals surface area contributed by atoms with Gasteiger partial charge in [0.2, 0.25) is 0 Å². The van der Waals surface area contributed by atoms with Crippen molar-refractivity contribution in [2.75, 3.05) is 18.5 Å². The van der Waals surface area contributed by atoms with Crippen molar-refractivity contribution in [2.24, 2.45) is 0 Å². The van der Waals surface area contributed by atoms with Gasteiger partial charge in [-0.05, 0) is 31.5 Å². The summed E-state index contributed by atoms with van der Waals surface area (Å²) in [4.78, 5) is 12.1. The van der Waals surface area contributed by atoms with E-state index in [4.69, 9.17) is 4.74 Å². The van der Waals surface area contributed by atoms with Crippen LogP contribution in [-0.2, 0) is 6.54 Å². The van der Waals surface area contributed by atoms with Crippen LogP contribution < -0.4 is 15.4 Å². The molecule has 0 saturated heterocycles. The number of carbonyl (C=O) groups is 1. The minimum Gasteiger partial charge on any atom is -0.472 e. The number of urea groups is 1. The lowest BCUT2D eigenvalue weighted by Gasteiger charge is -2.10. The Morgan fingerprint density at radius 1 is 1.22 bits per heavy atom. The summed E-state index contributed by atoms with van der Waals surface area (Å²) < 4.78 is 11.7. The number of anilines is 1. The lowest BCUT2D eigenvalue weighted by Crippen LogP contribution is -2.33. The van der Waals surface area contributed by atoms with Gasteiger partial charge in [0.25, 0.3) is 5.88 Å². The molecule has 0 saturated carbocycles. The number of amides is 2. The van der Waals surface area contributed by atoms with Gasteiger partial charge in [0, 0.05) is 6.07 Å². The largest absolute Gasteiger partial charge is 0.472 e. The second-order valence-electron chi connectivity index (χ2n) is 6.20. The minimum absolute atomic E-state index is 0.254. The topological polar surface area (TPSA) is 107 Å². The van der Waals surface area contributed by atoms with Gasteiger partial charge < -0.3 is 10.1 Å². The SMILES string of the molecule is Cc1cccc(Cn2nc(C)cc2NC(=O)NCCOc2nonc2C)c1. The number of carbonyl (C=O) groups excluding carboxylic acids is 1. The van der Waals surface area contributed by atoms with Crippen molar-refractivity contribution >= 4 is 11.8 Å². The summed E-state index contributed by atoms with van der Waals surface area (Å²) in [5.41, 5.74) is 3.69. The molecule has 2 amide bonds. The summed E-state index contributed by atoms with van der Waals surface area (Å²) in [5.74, 6) is 0.952. The maximum absolute atomic E-state index is 12.1. The fourth-order valence-electron chi connectivity index (χ4n) is 2.58. The van der Waals surface area contributed by atoms with Crippen molar-refractivity contribution in [3.05, 3.63) is 52.8 Å². The van der Waals surface area contributed by atoms with Crippen molar-refractivity contribution in [3.8, 4) is 5.88 Å². The fraction of sp³-hybridized carbons (Fsp3) is 0.333. The molecule has 2 N–H and O–H groups in total. The van der Waals surface area contributed by atoms with E-state index in [2.05, 4.69) is 36.7 Å². The van der Waals surface area contributed by atoms with Gasteiger partial charge in [0.05, 0.1) is 18.8 Å². The van der Waals surface area contributed by atoms with Crippen LogP contribution in [0.15, 0.2) is 35.0 Å². The molecule has 0 radical (unpaired) electrons. The van der Waals surface area contributed by atoms with Crippen molar-refractivity contribution in [1.29, 1.82) is 0 Å². The molecule has 3 aromatic rings. The Bertz CT molecular complexity index is 917. The maximum Gasteiger partial charge on any atom is 0.320 e. The predicted octanol–water partition coefficient (Wildman–Crippen LogP) is 2.44. The molecule has 1 aromatic carbocycles. The highest BCUT2D eigenvalue weighted by atomic mass is 16.6. The summed E-state index contributed by atoms with van der Waals surface area (Å²) in [7, 11) is 0. The van der Waals surface area contributed by atoms with Gasteiger partial charge >= 0.3 is 6.03 Å². The number of hydrogen-bond donors (Lipinski definition) is 2. The lowest BCUT2D eigenvalue weighted by molar-refractivity contribution is 0.240. The molecule has 2 heterocycles. The van der Waals surface area contributed by atoms with Crippen molar-refractivity contribution in [3.63, 3.8) is 0 Å². The van der Waals surface area contributed by atoms with E-state index in [0.717, 1.165) is 11.3 Å². The second-order valence-corrected chi connectivity index (χ2v) is 6.20. The Balaban J connectivity index is 1.52. The molecular formula is C18H22N6O3. The van der Waals surface area contributed by atoms with Crippen LogP contribution in [0.1, 0.15) is 22.5 Å². The van der Waals surface area contributed by atoms with E-state index in [1.54, 1.807) is 11.6 Å². The Hall–Kier alpha value is -3.36. The average Bonchev–Trinajstić information content (AvgIpc) is 3.17. The van der Waals surface area contributed by atoms with E-state index in [1.165, 1.54) is 5.56 Å². The third-order valence-corrected chi connectivity index (χ3v) is 3.80. The molecule has 0 unspecified atom stereocenters. The monoisotopic (exact) mass is 370 g/mol. The van der Waals surface area contributed by atoms with Gasteiger partial charge in [-0.2, -0.15) is 5.10 Å². The first-order valence-electron chi connectivity index (χ1n) is 8.58. The van der Waals surface area contributed by atoms with Crippen LogP contribution in [-0.4, -0.2) is 39.3 Å². The van der Waals surface area contributed by atoms with Crippen molar-refractivity contribution < 1.29 is 14.2 Å². The number of hydrogen-bond acceptors (Lipinski definition) is 6. The maximum atomic E-state index is 12.1. The van der Waals surface area contributed by atoms with Crippen LogP contribution in [0, 0.1) is 20.8 Å². The average molecular weight is 370 g/mol. The first-order valence-corrected chi connectivity index (χ1v) is 8.58. The van der Waals surface area contributed by atoms with E-state index in [0.29, 0.717) is 30.5 Å².